The van der Waals surface area contributed by atoms with Crippen LogP contribution in [-0.4, -0.2) is 24.0 Å². The number of thiazole rings is 1. The molecule has 1 saturated carbocycles. The van der Waals surface area contributed by atoms with E-state index >= 15 is 0 Å². The first-order valence-corrected chi connectivity index (χ1v) is 7.44. The van der Waals surface area contributed by atoms with E-state index in [1.165, 1.54) is 0 Å². The number of hydrogen-bond acceptors (Lipinski definition) is 4. The van der Waals surface area contributed by atoms with Gasteiger partial charge in [-0.2, -0.15) is 0 Å². The molecule has 1 aliphatic carbocycles. The highest BCUT2D eigenvalue weighted by Crippen LogP contribution is 2.37. The normalized spacial score (nSPS) is 17.9. The number of amides is 1. The Labute approximate surface area is 112 Å². The molecule has 0 radical (unpaired) electrons. The van der Waals surface area contributed by atoms with Crippen LogP contribution in [0.3, 0.4) is 0 Å². The zero-order chi connectivity index (χ0) is 13.0. The van der Waals surface area contributed by atoms with Gasteiger partial charge in [0.05, 0.1) is 10.4 Å². The van der Waals surface area contributed by atoms with E-state index in [0.717, 1.165) is 42.8 Å². The smallest absolute Gasteiger partial charge is 0.227 e. The first-order valence-electron chi connectivity index (χ1n) is 6.56. The van der Waals surface area contributed by atoms with Crippen molar-refractivity contribution < 1.29 is 4.79 Å². The van der Waals surface area contributed by atoms with E-state index < -0.39 is 0 Å². The van der Waals surface area contributed by atoms with Gasteiger partial charge in [0.2, 0.25) is 5.91 Å². The second kappa shape index (κ2) is 5.80. The van der Waals surface area contributed by atoms with Gasteiger partial charge in [0.1, 0.15) is 0 Å². The van der Waals surface area contributed by atoms with Gasteiger partial charge < -0.3 is 11.1 Å². The molecule has 1 fully saturated rings. The number of nitrogens with two attached hydrogens (primary N) is 1. The zero-order valence-electron chi connectivity index (χ0n) is 10.9. The Balaban J connectivity index is 1.81. The Morgan fingerprint density at radius 3 is 2.83 bits per heavy atom. The molecular weight excluding hydrogens is 246 g/mol. The van der Waals surface area contributed by atoms with Gasteiger partial charge in [-0.15, -0.1) is 11.3 Å². The molecule has 18 heavy (non-hydrogen) atoms. The van der Waals surface area contributed by atoms with Gasteiger partial charge in [-0.25, -0.2) is 4.98 Å². The Kier molecular flexibility index (Phi) is 4.35. The lowest BCUT2D eigenvalue weighted by Gasteiger charge is -2.25. The third kappa shape index (κ3) is 2.90. The van der Waals surface area contributed by atoms with Crippen molar-refractivity contribution >= 4 is 17.2 Å². The highest BCUT2D eigenvalue weighted by atomic mass is 32.1. The van der Waals surface area contributed by atoms with Gasteiger partial charge in [0.25, 0.3) is 0 Å². The topological polar surface area (TPSA) is 68.0 Å². The van der Waals surface area contributed by atoms with Crippen molar-refractivity contribution in [3.8, 4) is 0 Å². The van der Waals surface area contributed by atoms with Crippen molar-refractivity contribution in [1.29, 1.82) is 0 Å². The minimum atomic E-state index is -0.293. The highest BCUT2D eigenvalue weighted by molar-refractivity contribution is 7.09. The van der Waals surface area contributed by atoms with Crippen molar-refractivity contribution in [3.05, 3.63) is 16.1 Å². The second-order valence-electron chi connectivity index (χ2n) is 5.08. The summed E-state index contributed by atoms with van der Waals surface area (Å²) >= 11 is 1.65. The molecule has 3 N–H and O–H groups in total. The molecule has 0 aliphatic heterocycles. The van der Waals surface area contributed by atoms with E-state index in [4.69, 9.17) is 5.73 Å². The fourth-order valence-corrected chi connectivity index (χ4v) is 3.34. The van der Waals surface area contributed by atoms with Gasteiger partial charge in [0, 0.05) is 30.6 Å². The highest BCUT2D eigenvalue weighted by Gasteiger charge is 2.39. The molecule has 1 aromatic heterocycles. The summed E-state index contributed by atoms with van der Waals surface area (Å²) in [6.45, 7) is 3.11. The van der Waals surface area contributed by atoms with E-state index in [2.05, 4.69) is 10.3 Å². The van der Waals surface area contributed by atoms with E-state index in [1.807, 2.05) is 12.3 Å². The van der Waals surface area contributed by atoms with Crippen molar-refractivity contribution in [2.75, 3.05) is 13.1 Å². The quantitative estimate of drug-likeness (QED) is 0.852. The first kappa shape index (κ1) is 13.5. The number of nitrogens with zero attached hydrogens (tertiary/aromatic N) is 1. The molecule has 0 unspecified atom stereocenters. The number of carbonyl (C=O) groups is 1. The number of carbonyl (C=O) groups excluding carboxylic acids is 1. The predicted octanol–water partition coefficient (Wildman–Crippen LogP) is 1.63. The van der Waals surface area contributed by atoms with Gasteiger partial charge in [-0.1, -0.05) is 12.8 Å². The molecule has 1 aliphatic rings. The second-order valence-corrected chi connectivity index (χ2v) is 6.02. The van der Waals surface area contributed by atoms with Crippen molar-refractivity contribution in [3.63, 3.8) is 0 Å². The minimum Gasteiger partial charge on any atom is -0.355 e. The molecule has 4 nitrogen and oxygen atoms in total. The first-order chi connectivity index (χ1) is 8.66. The van der Waals surface area contributed by atoms with Crippen LogP contribution >= 0.6 is 11.3 Å². The Bertz CT molecular complexity index is 410. The maximum absolute atomic E-state index is 12.2. The molecule has 0 saturated heterocycles. The average Bonchev–Trinajstić information content (AvgIpc) is 2.99. The van der Waals surface area contributed by atoms with Crippen molar-refractivity contribution in [1.82, 2.24) is 10.3 Å². The Hall–Kier alpha value is -0.940. The molecule has 100 valence electrons. The van der Waals surface area contributed by atoms with Gasteiger partial charge in [-0.05, 0) is 19.8 Å². The number of nitrogens with one attached hydrogen (secondary N) is 1. The van der Waals surface area contributed by atoms with Gasteiger partial charge >= 0.3 is 0 Å². The van der Waals surface area contributed by atoms with Crippen LogP contribution in [-0.2, 0) is 11.2 Å². The van der Waals surface area contributed by atoms with E-state index in [9.17, 15) is 4.79 Å². The fourth-order valence-electron chi connectivity index (χ4n) is 2.56. The SMILES string of the molecule is Cc1csc(CCNC(=O)C2(CN)CCCC2)n1. The lowest BCUT2D eigenvalue weighted by molar-refractivity contribution is -0.130. The average molecular weight is 267 g/mol. The van der Waals surface area contributed by atoms with Crippen LogP contribution < -0.4 is 11.1 Å². The van der Waals surface area contributed by atoms with E-state index in [1.54, 1.807) is 11.3 Å². The maximum atomic E-state index is 12.2. The molecule has 0 bridgehead atoms. The monoisotopic (exact) mass is 267 g/mol. The third-order valence-corrected chi connectivity index (χ3v) is 4.75. The van der Waals surface area contributed by atoms with Gasteiger partial charge in [0.15, 0.2) is 0 Å². The predicted molar refractivity (Wildman–Crippen MR) is 73.5 cm³/mol. The van der Waals surface area contributed by atoms with E-state index in [0.29, 0.717) is 13.1 Å². The molecular formula is C13H21N3OS. The van der Waals surface area contributed by atoms with E-state index in [-0.39, 0.29) is 11.3 Å². The number of aryl methyl sites for hydroxylation is 1. The lowest BCUT2D eigenvalue weighted by atomic mass is 9.85. The summed E-state index contributed by atoms with van der Waals surface area (Å²) in [7, 11) is 0. The van der Waals surface area contributed by atoms with Crippen molar-refractivity contribution in [2.45, 2.75) is 39.0 Å². The van der Waals surface area contributed by atoms with Crippen LogP contribution in [0, 0.1) is 12.3 Å². The Morgan fingerprint density at radius 1 is 1.56 bits per heavy atom. The molecule has 2 rings (SSSR count). The standard InChI is InChI=1S/C13H21N3OS/c1-10-8-18-11(16-10)4-7-15-12(17)13(9-14)5-2-3-6-13/h8H,2-7,9,14H2,1H3,(H,15,17). The summed E-state index contributed by atoms with van der Waals surface area (Å²) in [5, 5.41) is 6.14. The molecule has 5 heteroatoms. The molecule has 1 aromatic rings. The van der Waals surface area contributed by atoms with Crippen LogP contribution in [0.2, 0.25) is 0 Å². The van der Waals surface area contributed by atoms with Crippen LogP contribution in [0.15, 0.2) is 5.38 Å². The summed E-state index contributed by atoms with van der Waals surface area (Å²) in [4.78, 5) is 16.6. The van der Waals surface area contributed by atoms with Crippen LogP contribution in [0.4, 0.5) is 0 Å². The van der Waals surface area contributed by atoms with Crippen LogP contribution in [0.1, 0.15) is 36.4 Å². The van der Waals surface area contributed by atoms with Crippen LogP contribution in [0.25, 0.3) is 0 Å². The molecule has 0 spiro atoms. The zero-order valence-corrected chi connectivity index (χ0v) is 11.7. The molecule has 1 amide bonds. The van der Waals surface area contributed by atoms with Crippen molar-refractivity contribution in [2.24, 2.45) is 11.1 Å². The Morgan fingerprint density at radius 2 is 2.28 bits per heavy atom. The minimum absolute atomic E-state index is 0.135. The largest absolute Gasteiger partial charge is 0.355 e. The molecule has 0 aromatic carbocycles. The fraction of sp³-hybridized carbons (Fsp3) is 0.692. The molecule has 0 atom stereocenters. The third-order valence-electron chi connectivity index (χ3n) is 3.72. The van der Waals surface area contributed by atoms with Gasteiger partial charge in [-0.3, -0.25) is 4.79 Å². The summed E-state index contributed by atoms with van der Waals surface area (Å²) < 4.78 is 0. The lowest BCUT2D eigenvalue weighted by Crippen LogP contribution is -2.44. The summed E-state index contributed by atoms with van der Waals surface area (Å²) in [6, 6.07) is 0. The number of aromatic nitrogens is 1. The molecule has 1 heterocycles. The van der Waals surface area contributed by atoms with Crippen LogP contribution in [0.5, 0.6) is 0 Å². The number of rotatable bonds is 5. The summed E-state index contributed by atoms with van der Waals surface area (Å²) in [5.41, 5.74) is 6.54. The maximum Gasteiger partial charge on any atom is 0.227 e. The summed E-state index contributed by atoms with van der Waals surface area (Å²) in [6.07, 6.45) is 4.93. The number of hydrogen-bond donors (Lipinski definition) is 2. The summed E-state index contributed by atoms with van der Waals surface area (Å²) in [5.74, 6) is 0.135.